The predicted octanol–water partition coefficient (Wildman–Crippen LogP) is 4.08. The van der Waals surface area contributed by atoms with E-state index < -0.39 is 17.3 Å². The molecular formula is C13H11ClF3NO2. The van der Waals surface area contributed by atoms with Crippen LogP contribution in [0.25, 0.3) is 0 Å². The first-order valence-electron chi connectivity index (χ1n) is 5.88. The zero-order valence-corrected chi connectivity index (χ0v) is 11.3. The molecule has 1 saturated carbocycles. The van der Waals surface area contributed by atoms with E-state index in [2.05, 4.69) is 4.99 Å². The lowest BCUT2D eigenvalue weighted by Crippen LogP contribution is -2.34. The van der Waals surface area contributed by atoms with Crippen molar-refractivity contribution in [2.45, 2.75) is 31.0 Å². The molecule has 1 aliphatic carbocycles. The molecule has 1 aromatic carbocycles. The molecule has 108 valence electrons. The van der Waals surface area contributed by atoms with Crippen molar-refractivity contribution in [1.82, 2.24) is 0 Å². The Hall–Kier alpha value is -1.52. The molecule has 1 aromatic rings. The Balaban J connectivity index is 2.68. The second-order valence-corrected chi connectivity index (χ2v) is 5.03. The van der Waals surface area contributed by atoms with Crippen molar-refractivity contribution in [1.29, 1.82) is 0 Å². The monoisotopic (exact) mass is 305 g/mol. The molecule has 0 aliphatic heterocycles. The van der Waals surface area contributed by atoms with Crippen LogP contribution in [0, 0.1) is 0 Å². The van der Waals surface area contributed by atoms with Gasteiger partial charge in [-0.2, -0.15) is 18.2 Å². The quantitative estimate of drug-likeness (QED) is 0.623. The SMILES string of the molecule is COc1cc(C(F)(F)F)c(C2(N=C=O)CCC2)cc1Cl. The summed E-state index contributed by atoms with van der Waals surface area (Å²) in [6.07, 6.45) is -1.77. The highest BCUT2D eigenvalue weighted by Crippen LogP contribution is 2.50. The summed E-state index contributed by atoms with van der Waals surface area (Å²) < 4.78 is 44.4. The van der Waals surface area contributed by atoms with Gasteiger partial charge in [0.1, 0.15) is 5.75 Å². The minimum Gasteiger partial charge on any atom is -0.495 e. The Labute approximate surface area is 118 Å². The van der Waals surface area contributed by atoms with Crippen LogP contribution in [0.2, 0.25) is 5.02 Å². The maximum Gasteiger partial charge on any atom is 0.416 e. The summed E-state index contributed by atoms with van der Waals surface area (Å²) in [5.41, 5.74) is -2.13. The van der Waals surface area contributed by atoms with Crippen molar-refractivity contribution in [3.05, 3.63) is 28.3 Å². The van der Waals surface area contributed by atoms with Gasteiger partial charge < -0.3 is 4.74 Å². The fraction of sp³-hybridized carbons (Fsp3) is 0.462. The second kappa shape index (κ2) is 5.11. The van der Waals surface area contributed by atoms with Gasteiger partial charge in [-0.05, 0) is 37.0 Å². The number of halogens is 4. The van der Waals surface area contributed by atoms with Crippen molar-refractivity contribution in [3.8, 4) is 5.75 Å². The first kappa shape index (κ1) is 14.9. The van der Waals surface area contributed by atoms with E-state index in [0.29, 0.717) is 19.3 Å². The van der Waals surface area contributed by atoms with Crippen LogP contribution in [0.1, 0.15) is 30.4 Å². The molecule has 0 saturated heterocycles. The Bertz CT molecular complexity index is 576. The Morgan fingerprint density at radius 3 is 2.45 bits per heavy atom. The Morgan fingerprint density at radius 2 is 2.05 bits per heavy atom. The third kappa shape index (κ3) is 2.41. The number of aliphatic imine (C=N–C) groups is 1. The van der Waals surface area contributed by atoms with Crippen LogP contribution in [-0.2, 0) is 16.5 Å². The Morgan fingerprint density at radius 1 is 1.40 bits per heavy atom. The number of nitrogens with zero attached hydrogens (tertiary/aromatic N) is 1. The van der Waals surface area contributed by atoms with Crippen molar-refractivity contribution in [3.63, 3.8) is 0 Å². The van der Waals surface area contributed by atoms with E-state index in [-0.39, 0.29) is 16.3 Å². The number of alkyl halides is 3. The van der Waals surface area contributed by atoms with Crippen LogP contribution in [-0.4, -0.2) is 13.2 Å². The molecule has 0 aromatic heterocycles. The highest BCUT2D eigenvalue weighted by molar-refractivity contribution is 6.32. The Kier molecular flexibility index (Phi) is 3.80. The van der Waals surface area contributed by atoms with Gasteiger partial charge in [0, 0.05) is 0 Å². The molecule has 7 heteroatoms. The van der Waals surface area contributed by atoms with Crippen molar-refractivity contribution < 1.29 is 22.7 Å². The summed E-state index contributed by atoms with van der Waals surface area (Å²) in [5, 5.41) is 0.0582. The summed E-state index contributed by atoms with van der Waals surface area (Å²) in [6, 6.07) is 2.03. The highest BCUT2D eigenvalue weighted by atomic mass is 35.5. The zero-order chi connectivity index (χ0) is 15.0. The van der Waals surface area contributed by atoms with E-state index in [1.165, 1.54) is 19.3 Å². The summed E-state index contributed by atoms with van der Waals surface area (Å²) >= 11 is 5.91. The van der Waals surface area contributed by atoms with Crippen LogP contribution < -0.4 is 4.74 Å². The lowest BCUT2D eigenvalue weighted by molar-refractivity contribution is -0.139. The predicted molar refractivity (Wildman–Crippen MR) is 66.7 cm³/mol. The molecule has 3 nitrogen and oxygen atoms in total. The zero-order valence-electron chi connectivity index (χ0n) is 10.6. The molecule has 2 rings (SSSR count). The van der Waals surface area contributed by atoms with Gasteiger partial charge in [0.05, 0.1) is 23.2 Å². The standard InChI is InChI=1S/C13H11ClF3NO2/c1-20-11-6-9(13(15,16)17)8(5-10(11)14)12(18-7-19)3-2-4-12/h5-6H,2-4H2,1H3. The third-order valence-corrected chi connectivity index (χ3v) is 3.83. The molecule has 0 N–H and O–H groups in total. The van der Waals surface area contributed by atoms with Crippen LogP contribution in [0.5, 0.6) is 5.75 Å². The van der Waals surface area contributed by atoms with Crippen LogP contribution in [0.4, 0.5) is 13.2 Å². The van der Waals surface area contributed by atoms with Crippen LogP contribution >= 0.6 is 11.6 Å². The molecule has 0 spiro atoms. The van der Waals surface area contributed by atoms with E-state index >= 15 is 0 Å². The number of isocyanates is 1. The van der Waals surface area contributed by atoms with Gasteiger partial charge >= 0.3 is 6.18 Å². The van der Waals surface area contributed by atoms with E-state index in [1.54, 1.807) is 0 Å². The summed E-state index contributed by atoms with van der Waals surface area (Å²) in [5.74, 6) is -0.0627. The smallest absolute Gasteiger partial charge is 0.416 e. The van der Waals surface area contributed by atoms with Gasteiger partial charge in [0.15, 0.2) is 0 Å². The van der Waals surface area contributed by atoms with E-state index in [0.717, 1.165) is 6.07 Å². The first-order valence-corrected chi connectivity index (χ1v) is 6.26. The lowest BCUT2D eigenvalue weighted by atomic mass is 9.71. The largest absolute Gasteiger partial charge is 0.495 e. The van der Waals surface area contributed by atoms with Gasteiger partial charge in [-0.25, -0.2) is 4.79 Å². The highest BCUT2D eigenvalue weighted by Gasteiger charge is 2.46. The fourth-order valence-corrected chi connectivity index (χ4v) is 2.61. The molecule has 1 fully saturated rings. The molecule has 20 heavy (non-hydrogen) atoms. The van der Waals surface area contributed by atoms with Crippen LogP contribution in [0.3, 0.4) is 0 Å². The summed E-state index contributed by atoms with van der Waals surface area (Å²) in [6.45, 7) is 0. The molecular weight excluding hydrogens is 295 g/mol. The van der Waals surface area contributed by atoms with Gasteiger partial charge in [0.25, 0.3) is 0 Å². The number of carbonyl (C=O) groups excluding carboxylic acids is 1. The number of ether oxygens (including phenoxy) is 1. The van der Waals surface area contributed by atoms with Crippen molar-refractivity contribution in [2.75, 3.05) is 7.11 Å². The molecule has 0 amide bonds. The van der Waals surface area contributed by atoms with Crippen molar-refractivity contribution in [2.24, 2.45) is 4.99 Å². The molecule has 1 aliphatic rings. The fourth-order valence-electron chi connectivity index (χ4n) is 2.37. The van der Waals surface area contributed by atoms with E-state index in [1.807, 2.05) is 0 Å². The second-order valence-electron chi connectivity index (χ2n) is 4.62. The van der Waals surface area contributed by atoms with Gasteiger partial charge in [-0.3, -0.25) is 0 Å². The van der Waals surface area contributed by atoms with Gasteiger partial charge in [-0.15, -0.1) is 0 Å². The molecule has 0 bridgehead atoms. The first-order chi connectivity index (χ1) is 9.34. The minimum atomic E-state index is -4.58. The maximum absolute atomic E-state index is 13.2. The van der Waals surface area contributed by atoms with Crippen molar-refractivity contribution >= 4 is 17.7 Å². The minimum absolute atomic E-state index is 0.0582. The summed E-state index contributed by atoms with van der Waals surface area (Å²) in [4.78, 5) is 14.1. The number of benzene rings is 1. The van der Waals surface area contributed by atoms with Gasteiger partial charge in [0.2, 0.25) is 6.08 Å². The maximum atomic E-state index is 13.2. The number of methoxy groups -OCH3 is 1. The number of hydrogen-bond acceptors (Lipinski definition) is 3. The lowest BCUT2D eigenvalue weighted by Gasteiger charge is -2.38. The van der Waals surface area contributed by atoms with E-state index in [9.17, 15) is 18.0 Å². The number of rotatable bonds is 3. The summed E-state index contributed by atoms with van der Waals surface area (Å²) in [7, 11) is 1.24. The normalized spacial score (nSPS) is 17.1. The van der Waals surface area contributed by atoms with Crippen LogP contribution in [0.15, 0.2) is 17.1 Å². The molecule has 0 heterocycles. The average molecular weight is 306 g/mol. The molecule has 0 unspecified atom stereocenters. The average Bonchev–Trinajstić information content (AvgIpc) is 2.32. The van der Waals surface area contributed by atoms with E-state index in [4.69, 9.17) is 16.3 Å². The molecule has 0 atom stereocenters. The van der Waals surface area contributed by atoms with Gasteiger partial charge in [-0.1, -0.05) is 11.6 Å². The number of hydrogen-bond donors (Lipinski definition) is 0. The topological polar surface area (TPSA) is 38.7 Å². The molecule has 0 radical (unpaired) electrons. The third-order valence-electron chi connectivity index (χ3n) is 3.54.